The van der Waals surface area contributed by atoms with Crippen LogP contribution in [-0.2, 0) is 0 Å². The molecule has 0 fully saturated rings. The van der Waals surface area contributed by atoms with Crippen LogP contribution in [0.5, 0.6) is 0 Å². The van der Waals surface area contributed by atoms with E-state index < -0.39 is 11.5 Å². The van der Waals surface area contributed by atoms with E-state index in [4.69, 9.17) is 11.6 Å². The van der Waals surface area contributed by atoms with Crippen LogP contribution < -0.4 is 10.9 Å². The number of carbonyl (C=O) groups excluding carboxylic acids is 1. The number of amides is 1. The number of H-pyrrole nitrogens is 1. The molecule has 142 valence electrons. The van der Waals surface area contributed by atoms with E-state index >= 15 is 0 Å². The fourth-order valence-corrected chi connectivity index (χ4v) is 3.15. The van der Waals surface area contributed by atoms with Gasteiger partial charge in [-0.2, -0.15) is 0 Å². The molecule has 2 N–H and O–H groups in total. The van der Waals surface area contributed by atoms with Crippen molar-refractivity contribution in [3.05, 3.63) is 112 Å². The Bertz CT molecular complexity index is 1200. The molecule has 0 atom stereocenters. The monoisotopic (exact) mass is 400 g/mol. The van der Waals surface area contributed by atoms with Gasteiger partial charge in [0.05, 0.1) is 0 Å². The van der Waals surface area contributed by atoms with Crippen LogP contribution in [0, 0.1) is 0 Å². The summed E-state index contributed by atoms with van der Waals surface area (Å²) in [7, 11) is 0. The van der Waals surface area contributed by atoms with Gasteiger partial charge in [0.1, 0.15) is 5.56 Å². The van der Waals surface area contributed by atoms with Crippen molar-refractivity contribution in [2.24, 2.45) is 0 Å². The maximum atomic E-state index is 12.5. The molecule has 0 radical (unpaired) electrons. The van der Waals surface area contributed by atoms with E-state index in [1.54, 1.807) is 30.3 Å². The van der Waals surface area contributed by atoms with Crippen molar-refractivity contribution in [2.75, 3.05) is 5.32 Å². The lowest BCUT2D eigenvalue weighted by atomic mass is 10.0. The first kappa shape index (κ1) is 18.7. The summed E-state index contributed by atoms with van der Waals surface area (Å²) >= 11 is 5.84. The summed E-state index contributed by atoms with van der Waals surface area (Å²) in [5.74, 6) is -0.473. The van der Waals surface area contributed by atoms with Gasteiger partial charge in [0.2, 0.25) is 0 Å². The molecule has 1 amide bonds. The highest BCUT2D eigenvalue weighted by molar-refractivity contribution is 6.30. The van der Waals surface area contributed by atoms with Crippen LogP contribution >= 0.6 is 11.6 Å². The van der Waals surface area contributed by atoms with Gasteiger partial charge in [0, 0.05) is 16.4 Å². The van der Waals surface area contributed by atoms with Crippen LogP contribution in [0.2, 0.25) is 5.02 Å². The summed E-state index contributed by atoms with van der Waals surface area (Å²) in [6.45, 7) is 0. The summed E-state index contributed by atoms with van der Waals surface area (Å²) in [5.41, 5.74) is 3.91. The molecular weight excluding hydrogens is 384 g/mol. The van der Waals surface area contributed by atoms with Crippen molar-refractivity contribution in [2.45, 2.75) is 0 Å². The minimum atomic E-state index is -0.473. The zero-order valence-corrected chi connectivity index (χ0v) is 16.1. The first-order valence-electron chi connectivity index (χ1n) is 9.06. The number of aromatic nitrogens is 1. The van der Waals surface area contributed by atoms with E-state index in [0.717, 1.165) is 16.7 Å². The minimum absolute atomic E-state index is 0.0459. The summed E-state index contributed by atoms with van der Waals surface area (Å²) in [5, 5.41) is 3.27. The molecular formula is C24H17ClN2O2. The van der Waals surface area contributed by atoms with Gasteiger partial charge in [-0.25, -0.2) is 0 Å². The quantitative estimate of drug-likeness (QED) is 0.467. The fourth-order valence-electron chi connectivity index (χ4n) is 3.03. The summed E-state index contributed by atoms with van der Waals surface area (Å²) < 4.78 is 0. The maximum Gasteiger partial charge on any atom is 0.261 e. The molecule has 0 saturated carbocycles. The van der Waals surface area contributed by atoms with E-state index in [1.807, 2.05) is 54.6 Å². The van der Waals surface area contributed by atoms with Crippen LogP contribution in [0.3, 0.4) is 0 Å². The predicted molar refractivity (Wildman–Crippen MR) is 117 cm³/mol. The molecule has 0 bridgehead atoms. The van der Waals surface area contributed by atoms with Crippen molar-refractivity contribution in [3.8, 4) is 22.4 Å². The second-order valence-electron chi connectivity index (χ2n) is 6.52. The molecule has 29 heavy (non-hydrogen) atoms. The Morgan fingerprint density at radius 2 is 1.34 bits per heavy atom. The van der Waals surface area contributed by atoms with E-state index in [1.165, 1.54) is 6.07 Å². The molecule has 4 rings (SSSR count). The molecule has 0 aliphatic rings. The summed E-state index contributed by atoms with van der Waals surface area (Å²) in [6.07, 6.45) is 0. The number of halogens is 1. The predicted octanol–water partition coefficient (Wildman–Crippen LogP) is 5.61. The average Bonchev–Trinajstić information content (AvgIpc) is 2.76. The molecule has 5 heteroatoms. The number of pyridine rings is 1. The molecule has 4 aromatic rings. The molecule has 0 spiro atoms. The van der Waals surface area contributed by atoms with Crippen molar-refractivity contribution in [3.63, 3.8) is 0 Å². The van der Waals surface area contributed by atoms with Gasteiger partial charge < -0.3 is 10.3 Å². The number of carbonyl (C=O) groups is 1. The van der Waals surface area contributed by atoms with E-state index in [2.05, 4.69) is 10.3 Å². The highest BCUT2D eigenvalue weighted by atomic mass is 35.5. The maximum absolute atomic E-state index is 12.5. The number of benzene rings is 3. The fraction of sp³-hybridized carbons (Fsp3) is 0. The second kappa shape index (κ2) is 8.17. The van der Waals surface area contributed by atoms with Crippen molar-refractivity contribution < 1.29 is 4.79 Å². The number of aromatic amines is 1. The van der Waals surface area contributed by atoms with Gasteiger partial charge in [0.15, 0.2) is 0 Å². The van der Waals surface area contributed by atoms with E-state index in [0.29, 0.717) is 16.4 Å². The Kier molecular flexibility index (Phi) is 5.27. The third-order valence-corrected chi connectivity index (χ3v) is 4.81. The molecule has 1 heterocycles. The highest BCUT2D eigenvalue weighted by Crippen LogP contribution is 2.23. The van der Waals surface area contributed by atoms with Gasteiger partial charge in [-0.05, 0) is 53.1 Å². The first-order valence-corrected chi connectivity index (χ1v) is 9.44. The summed E-state index contributed by atoms with van der Waals surface area (Å²) in [6, 6.07) is 27.9. The van der Waals surface area contributed by atoms with Crippen molar-refractivity contribution >= 4 is 23.2 Å². The van der Waals surface area contributed by atoms with Gasteiger partial charge in [-0.3, -0.25) is 9.59 Å². The van der Waals surface area contributed by atoms with Crippen molar-refractivity contribution in [1.82, 2.24) is 4.98 Å². The van der Waals surface area contributed by atoms with Gasteiger partial charge in [-0.15, -0.1) is 0 Å². The number of anilines is 1. The van der Waals surface area contributed by atoms with Crippen LogP contribution in [0.15, 0.2) is 95.8 Å². The minimum Gasteiger partial charge on any atom is -0.322 e. The molecule has 0 unspecified atom stereocenters. The highest BCUT2D eigenvalue weighted by Gasteiger charge is 2.12. The zero-order chi connectivity index (χ0) is 20.2. The Morgan fingerprint density at radius 3 is 2.00 bits per heavy atom. The Hall–Kier alpha value is -3.63. The van der Waals surface area contributed by atoms with Gasteiger partial charge in [-0.1, -0.05) is 66.2 Å². The zero-order valence-electron chi connectivity index (χ0n) is 15.4. The standard InChI is InChI=1S/C24H17ClN2O2/c25-19-10-12-20(13-11-19)26-23(28)21-14-15-22(27-24(21)29)18-8-6-17(7-9-18)16-4-2-1-3-5-16/h1-15H,(H,26,28)(H,27,29). The third-order valence-electron chi connectivity index (χ3n) is 4.56. The van der Waals surface area contributed by atoms with E-state index in [9.17, 15) is 9.59 Å². The smallest absolute Gasteiger partial charge is 0.261 e. The lowest BCUT2D eigenvalue weighted by molar-refractivity contribution is 0.102. The van der Waals surface area contributed by atoms with Crippen LogP contribution in [0.4, 0.5) is 5.69 Å². The first-order chi connectivity index (χ1) is 14.1. The second-order valence-corrected chi connectivity index (χ2v) is 6.96. The Morgan fingerprint density at radius 1 is 0.724 bits per heavy atom. The van der Waals surface area contributed by atoms with E-state index in [-0.39, 0.29) is 5.56 Å². The topological polar surface area (TPSA) is 62.0 Å². The van der Waals surface area contributed by atoms with Crippen LogP contribution in [0.1, 0.15) is 10.4 Å². The largest absolute Gasteiger partial charge is 0.322 e. The van der Waals surface area contributed by atoms with Gasteiger partial charge in [0.25, 0.3) is 11.5 Å². The molecule has 4 nitrogen and oxygen atoms in total. The van der Waals surface area contributed by atoms with Gasteiger partial charge >= 0.3 is 0 Å². The number of nitrogens with one attached hydrogen (secondary N) is 2. The lowest BCUT2D eigenvalue weighted by Gasteiger charge is -2.07. The SMILES string of the molecule is O=C(Nc1ccc(Cl)cc1)c1ccc(-c2ccc(-c3ccccc3)cc2)[nH]c1=O. The lowest BCUT2D eigenvalue weighted by Crippen LogP contribution is -2.23. The number of rotatable bonds is 4. The average molecular weight is 401 g/mol. The Balaban J connectivity index is 1.54. The molecule has 0 aliphatic heterocycles. The Labute approximate surface area is 172 Å². The molecule has 0 saturated heterocycles. The number of hydrogen-bond acceptors (Lipinski definition) is 2. The van der Waals surface area contributed by atoms with Crippen LogP contribution in [-0.4, -0.2) is 10.9 Å². The normalized spacial score (nSPS) is 10.5. The number of hydrogen-bond donors (Lipinski definition) is 2. The van der Waals surface area contributed by atoms with Crippen LogP contribution in [0.25, 0.3) is 22.4 Å². The van der Waals surface area contributed by atoms with Crippen molar-refractivity contribution in [1.29, 1.82) is 0 Å². The third kappa shape index (κ3) is 4.28. The summed E-state index contributed by atoms with van der Waals surface area (Å²) in [4.78, 5) is 27.6. The molecule has 3 aromatic carbocycles. The molecule has 0 aliphatic carbocycles. The molecule has 1 aromatic heterocycles.